The summed E-state index contributed by atoms with van der Waals surface area (Å²) in [7, 11) is 0. The molecular formula is C14H16ClN. The minimum atomic E-state index is -0.306. The first kappa shape index (κ1) is 11.5. The van der Waals surface area contributed by atoms with E-state index in [1.54, 1.807) is 0 Å². The molecular weight excluding hydrogens is 218 g/mol. The van der Waals surface area contributed by atoms with E-state index in [1.807, 2.05) is 26.0 Å². The van der Waals surface area contributed by atoms with Gasteiger partial charge in [-0.1, -0.05) is 30.2 Å². The summed E-state index contributed by atoms with van der Waals surface area (Å²) >= 11 is 5.91. The van der Waals surface area contributed by atoms with Crippen molar-refractivity contribution in [2.45, 2.75) is 38.5 Å². The lowest BCUT2D eigenvalue weighted by molar-refractivity contribution is 0.116. The lowest BCUT2D eigenvalue weighted by Gasteiger charge is -2.50. The van der Waals surface area contributed by atoms with E-state index in [1.165, 1.54) is 12.0 Å². The number of rotatable bonds is 2. The molecule has 2 heteroatoms. The number of nitrogens with zero attached hydrogens (tertiary/aromatic N) is 1. The Morgan fingerprint density at radius 1 is 1.25 bits per heavy atom. The molecule has 2 rings (SSSR count). The fourth-order valence-electron chi connectivity index (χ4n) is 2.68. The van der Waals surface area contributed by atoms with Gasteiger partial charge in [0.1, 0.15) is 0 Å². The Kier molecular flexibility index (Phi) is 2.72. The third-order valence-electron chi connectivity index (χ3n) is 4.08. The van der Waals surface area contributed by atoms with Gasteiger partial charge >= 0.3 is 0 Å². The maximum absolute atomic E-state index is 9.33. The lowest BCUT2D eigenvalue weighted by Crippen LogP contribution is -2.46. The predicted molar refractivity (Wildman–Crippen MR) is 66.4 cm³/mol. The molecule has 84 valence electrons. The Labute approximate surface area is 102 Å². The van der Waals surface area contributed by atoms with Crippen LogP contribution in [0, 0.1) is 16.7 Å². The van der Waals surface area contributed by atoms with E-state index in [2.05, 4.69) is 18.2 Å². The topological polar surface area (TPSA) is 23.8 Å². The molecule has 0 radical (unpaired) electrons. The highest BCUT2D eigenvalue weighted by Gasteiger charge is 2.50. The van der Waals surface area contributed by atoms with Crippen LogP contribution in [0.2, 0.25) is 5.02 Å². The Bertz CT molecular complexity index is 421. The van der Waals surface area contributed by atoms with Crippen molar-refractivity contribution in [2.24, 2.45) is 5.41 Å². The highest BCUT2D eigenvalue weighted by atomic mass is 35.5. The van der Waals surface area contributed by atoms with Gasteiger partial charge in [0, 0.05) is 10.4 Å². The molecule has 0 unspecified atom stereocenters. The first-order chi connectivity index (χ1) is 7.52. The van der Waals surface area contributed by atoms with Crippen LogP contribution in [0.5, 0.6) is 0 Å². The van der Waals surface area contributed by atoms with Gasteiger partial charge in [-0.3, -0.25) is 0 Å². The number of hydrogen-bond acceptors (Lipinski definition) is 1. The van der Waals surface area contributed by atoms with Crippen LogP contribution >= 0.6 is 11.6 Å². The molecule has 16 heavy (non-hydrogen) atoms. The second kappa shape index (κ2) is 3.79. The van der Waals surface area contributed by atoms with E-state index in [0.29, 0.717) is 0 Å². The van der Waals surface area contributed by atoms with Crippen molar-refractivity contribution in [3.05, 3.63) is 34.9 Å². The normalized spacial score (nSPS) is 18.6. The Hall–Kier alpha value is -1.00. The highest BCUT2D eigenvalue weighted by Crippen LogP contribution is 2.55. The predicted octanol–water partition coefficient (Wildman–Crippen LogP) is 4.31. The highest BCUT2D eigenvalue weighted by molar-refractivity contribution is 6.30. The van der Waals surface area contributed by atoms with Gasteiger partial charge in [-0.2, -0.15) is 5.26 Å². The third-order valence-corrected chi connectivity index (χ3v) is 4.33. The second-order valence-corrected chi connectivity index (χ2v) is 5.62. The first-order valence-electron chi connectivity index (χ1n) is 5.69. The van der Waals surface area contributed by atoms with Crippen LogP contribution in [0.3, 0.4) is 0 Å². The summed E-state index contributed by atoms with van der Waals surface area (Å²) in [6, 6.07) is 10.4. The maximum atomic E-state index is 9.33. The van der Waals surface area contributed by atoms with Crippen LogP contribution in [0.15, 0.2) is 24.3 Å². The smallest absolute Gasteiger partial charge is 0.0693 e. The Morgan fingerprint density at radius 3 is 2.19 bits per heavy atom. The van der Waals surface area contributed by atoms with Crippen LogP contribution in [-0.4, -0.2) is 0 Å². The lowest BCUT2D eigenvalue weighted by atomic mass is 9.52. The van der Waals surface area contributed by atoms with E-state index in [-0.39, 0.29) is 10.8 Å². The van der Waals surface area contributed by atoms with Crippen molar-refractivity contribution in [1.29, 1.82) is 5.26 Å². The third kappa shape index (κ3) is 1.53. The van der Waals surface area contributed by atoms with Crippen LogP contribution in [0.4, 0.5) is 0 Å². The number of hydrogen-bond donors (Lipinski definition) is 0. The van der Waals surface area contributed by atoms with Crippen molar-refractivity contribution in [3.63, 3.8) is 0 Å². The molecule has 0 spiro atoms. The molecule has 1 aliphatic carbocycles. The molecule has 0 bridgehead atoms. The van der Waals surface area contributed by atoms with Crippen LogP contribution in [0.1, 0.15) is 38.7 Å². The molecule has 0 saturated heterocycles. The van der Waals surface area contributed by atoms with Gasteiger partial charge in [0.05, 0.1) is 11.5 Å². The molecule has 0 aromatic heterocycles. The monoisotopic (exact) mass is 233 g/mol. The molecule has 0 atom stereocenters. The van der Waals surface area contributed by atoms with Crippen molar-refractivity contribution in [1.82, 2.24) is 0 Å². The molecule has 1 aliphatic rings. The second-order valence-electron chi connectivity index (χ2n) is 5.18. The van der Waals surface area contributed by atoms with Gasteiger partial charge < -0.3 is 0 Å². The van der Waals surface area contributed by atoms with Crippen LogP contribution < -0.4 is 0 Å². The number of halogens is 1. The fraction of sp³-hybridized carbons (Fsp3) is 0.500. The molecule has 0 N–H and O–H groups in total. The Morgan fingerprint density at radius 2 is 1.81 bits per heavy atom. The number of nitriles is 1. The van der Waals surface area contributed by atoms with Crippen molar-refractivity contribution in [2.75, 3.05) is 0 Å². The van der Waals surface area contributed by atoms with Crippen molar-refractivity contribution < 1.29 is 0 Å². The summed E-state index contributed by atoms with van der Waals surface area (Å²) < 4.78 is 0. The summed E-state index contributed by atoms with van der Waals surface area (Å²) in [5.74, 6) is 0. The minimum absolute atomic E-state index is 0.0341. The van der Waals surface area contributed by atoms with Gasteiger partial charge in [0.15, 0.2) is 0 Å². The molecule has 1 aromatic rings. The van der Waals surface area contributed by atoms with E-state index in [0.717, 1.165) is 17.9 Å². The van der Waals surface area contributed by atoms with Gasteiger partial charge in [-0.25, -0.2) is 0 Å². The molecule has 1 aromatic carbocycles. The Balaban J connectivity index is 2.44. The quantitative estimate of drug-likeness (QED) is 0.747. The molecule has 0 amide bonds. The SMILES string of the molecule is CC(C)(C#N)C1(c2ccc(Cl)cc2)CCC1. The molecule has 0 heterocycles. The number of benzene rings is 1. The van der Waals surface area contributed by atoms with Crippen LogP contribution in [-0.2, 0) is 5.41 Å². The first-order valence-corrected chi connectivity index (χ1v) is 6.07. The van der Waals surface area contributed by atoms with Gasteiger partial charge in [-0.05, 0) is 44.4 Å². The zero-order valence-corrected chi connectivity index (χ0v) is 10.5. The average Bonchev–Trinajstić information content (AvgIpc) is 2.19. The van der Waals surface area contributed by atoms with Gasteiger partial charge in [0.2, 0.25) is 0 Å². The maximum Gasteiger partial charge on any atom is 0.0693 e. The molecule has 1 nitrogen and oxygen atoms in total. The largest absolute Gasteiger partial charge is 0.198 e. The summed E-state index contributed by atoms with van der Waals surface area (Å²) in [6.07, 6.45) is 3.43. The average molecular weight is 234 g/mol. The van der Waals surface area contributed by atoms with Gasteiger partial charge in [-0.15, -0.1) is 0 Å². The summed E-state index contributed by atoms with van der Waals surface area (Å²) in [4.78, 5) is 0. The standard InChI is InChI=1S/C14H16ClN/c1-13(2,10-16)14(8-3-9-14)11-4-6-12(15)7-5-11/h4-7H,3,8-9H2,1-2H3. The summed E-state index contributed by atoms with van der Waals surface area (Å²) in [6.45, 7) is 4.08. The van der Waals surface area contributed by atoms with E-state index in [9.17, 15) is 5.26 Å². The van der Waals surface area contributed by atoms with Gasteiger partial charge in [0.25, 0.3) is 0 Å². The molecule has 1 saturated carbocycles. The molecule has 1 fully saturated rings. The van der Waals surface area contributed by atoms with E-state index in [4.69, 9.17) is 11.6 Å². The summed E-state index contributed by atoms with van der Waals surface area (Å²) in [5, 5.41) is 10.1. The van der Waals surface area contributed by atoms with Crippen LogP contribution in [0.25, 0.3) is 0 Å². The van der Waals surface area contributed by atoms with Crippen molar-refractivity contribution in [3.8, 4) is 6.07 Å². The fourth-order valence-corrected chi connectivity index (χ4v) is 2.81. The minimum Gasteiger partial charge on any atom is -0.198 e. The zero-order valence-electron chi connectivity index (χ0n) is 9.76. The van der Waals surface area contributed by atoms with Crippen molar-refractivity contribution >= 4 is 11.6 Å². The zero-order chi connectivity index (χ0) is 11.8. The summed E-state index contributed by atoms with van der Waals surface area (Å²) in [5.41, 5.74) is 0.987. The molecule has 0 aliphatic heterocycles. The van der Waals surface area contributed by atoms with E-state index >= 15 is 0 Å². The van der Waals surface area contributed by atoms with E-state index < -0.39 is 0 Å².